The summed E-state index contributed by atoms with van der Waals surface area (Å²) in [5, 5.41) is 13.4. The molecule has 0 amide bonds. The molecule has 5 heteroatoms. The van der Waals surface area contributed by atoms with Crippen molar-refractivity contribution in [2.75, 3.05) is 0 Å². The summed E-state index contributed by atoms with van der Waals surface area (Å²) in [6.07, 6.45) is 0. The molecule has 0 saturated heterocycles. The average Bonchev–Trinajstić information content (AvgIpc) is 3.90. The Labute approximate surface area is 342 Å². The Morgan fingerprint density at radius 3 is 1.63 bits per heavy atom. The van der Waals surface area contributed by atoms with Gasteiger partial charge in [0.15, 0.2) is 17.5 Å². The zero-order chi connectivity index (χ0) is 39.3. The topological polar surface area (TPSA) is 65.0 Å². The van der Waals surface area contributed by atoms with E-state index in [2.05, 4.69) is 158 Å². The predicted octanol–water partition coefficient (Wildman–Crippen LogP) is 15.0. The molecule has 278 valence electrons. The molecule has 0 fully saturated rings. The van der Waals surface area contributed by atoms with Crippen molar-refractivity contribution in [3.8, 4) is 45.3 Å². The highest BCUT2D eigenvalue weighted by atomic mass is 16.3. The molecule has 0 radical (unpaired) electrons. The fraction of sp³-hybridized carbons (Fsp3) is 0. The molecule has 13 aromatic rings. The summed E-state index contributed by atoms with van der Waals surface area (Å²) >= 11 is 0. The Kier molecular flexibility index (Phi) is 6.95. The number of rotatable bonds is 4. The summed E-state index contributed by atoms with van der Waals surface area (Å²) < 4.78 is 12.6. The molecule has 0 saturated carbocycles. The van der Waals surface area contributed by atoms with Gasteiger partial charge >= 0.3 is 0 Å². The summed E-state index contributed by atoms with van der Waals surface area (Å²) in [6, 6.07) is 65.7. The summed E-state index contributed by atoms with van der Waals surface area (Å²) in [5.74, 6) is 1.83. The van der Waals surface area contributed by atoms with Crippen LogP contribution in [0.15, 0.2) is 197 Å². The van der Waals surface area contributed by atoms with E-state index in [1.54, 1.807) is 0 Å². The minimum atomic E-state index is 0.603. The summed E-state index contributed by atoms with van der Waals surface area (Å²) in [7, 11) is 0. The Morgan fingerprint density at radius 1 is 0.267 bits per heavy atom. The smallest absolute Gasteiger partial charge is 0.164 e. The normalized spacial score (nSPS) is 12.0. The molecule has 3 heterocycles. The van der Waals surface area contributed by atoms with Gasteiger partial charge in [-0.25, -0.2) is 15.0 Å². The van der Waals surface area contributed by atoms with Crippen LogP contribution < -0.4 is 0 Å². The van der Waals surface area contributed by atoms with Gasteiger partial charge in [0.1, 0.15) is 22.3 Å². The predicted molar refractivity (Wildman–Crippen MR) is 246 cm³/mol. The first kappa shape index (κ1) is 32.9. The highest BCUT2D eigenvalue weighted by Crippen LogP contribution is 2.41. The molecule has 0 bridgehead atoms. The zero-order valence-electron chi connectivity index (χ0n) is 32.1. The maximum absolute atomic E-state index is 6.30. The summed E-state index contributed by atoms with van der Waals surface area (Å²) in [5.41, 5.74) is 8.54. The van der Waals surface area contributed by atoms with Gasteiger partial charge < -0.3 is 8.83 Å². The molecule has 0 aliphatic rings. The maximum atomic E-state index is 6.30. The van der Waals surface area contributed by atoms with Crippen molar-refractivity contribution < 1.29 is 8.83 Å². The van der Waals surface area contributed by atoms with E-state index in [4.69, 9.17) is 23.8 Å². The Bertz CT molecular complexity index is 3910. The fourth-order valence-electron chi connectivity index (χ4n) is 9.33. The Morgan fingerprint density at radius 2 is 0.817 bits per heavy atom. The van der Waals surface area contributed by atoms with Gasteiger partial charge in [-0.3, -0.25) is 0 Å². The third-order valence-electron chi connectivity index (χ3n) is 12.1. The fourth-order valence-corrected chi connectivity index (χ4v) is 9.33. The molecule has 10 aromatic carbocycles. The number of fused-ring (bicyclic) bond motifs is 12. The number of furan rings is 2. The van der Waals surface area contributed by atoms with Gasteiger partial charge in [0, 0.05) is 38.2 Å². The van der Waals surface area contributed by atoms with Crippen molar-refractivity contribution in [1.29, 1.82) is 0 Å². The van der Waals surface area contributed by atoms with Crippen LogP contribution in [-0.4, -0.2) is 15.0 Å². The van der Waals surface area contributed by atoms with Crippen LogP contribution in [0, 0.1) is 0 Å². The number of aromatic nitrogens is 3. The maximum Gasteiger partial charge on any atom is 0.164 e. The molecule has 13 rings (SSSR count). The second-order valence-electron chi connectivity index (χ2n) is 15.5. The van der Waals surface area contributed by atoms with Gasteiger partial charge in [-0.05, 0) is 96.7 Å². The SMILES string of the molecule is c1cc(-c2cccc3oc4ccccc4c23)c2ccc(-c3nc(-c4ccc5ccc6oc7ccccc7c6c5c4)nc(-c4cc5ccccc5c5ccccc45)n3)cc2c1. The van der Waals surface area contributed by atoms with Crippen LogP contribution in [0.25, 0.3) is 132 Å². The number of benzene rings is 10. The summed E-state index contributed by atoms with van der Waals surface area (Å²) in [6.45, 7) is 0. The largest absolute Gasteiger partial charge is 0.456 e. The average molecular weight is 766 g/mol. The lowest BCUT2D eigenvalue weighted by atomic mass is 9.94. The zero-order valence-corrected chi connectivity index (χ0v) is 32.1. The number of hydrogen-bond donors (Lipinski definition) is 0. The van der Waals surface area contributed by atoms with Crippen LogP contribution in [0.2, 0.25) is 0 Å². The van der Waals surface area contributed by atoms with Gasteiger partial charge in [-0.2, -0.15) is 0 Å². The van der Waals surface area contributed by atoms with Crippen molar-refractivity contribution >= 4 is 87.0 Å². The van der Waals surface area contributed by atoms with E-state index in [9.17, 15) is 0 Å². The first-order valence-electron chi connectivity index (χ1n) is 20.2. The van der Waals surface area contributed by atoms with E-state index in [0.29, 0.717) is 17.5 Å². The van der Waals surface area contributed by atoms with Crippen molar-refractivity contribution in [2.45, 2.75) is 0 Å². The third-order valence-corrected chi connectivity index (χ3v) is 12.1. The molecule has 0 atom stereocenters. The minimum Gasteiger partial charge on any atom is -0.456 e. The van der Waals surface area contributed by atoms with Crippen molar-refractivity contribution in [2.24, 2.45) is 0 Å². The lowest BCUT2D eigenvalue weighted by Gasteiger charge is -2.13. The summed E-state index contributed by atoms with van der Waals surface area (Å²) in [4.78, 5) is 15.9. The monoisotopic (exact) mass is 765 g/mol. The van der Waals surface area contributed by atoms with Gasteiger partial charge in [0.05, 0.1) is 0 Å². The highest BCUT2D eigenvalue weighted by Gasteiger charge is 2.19. The van der Waals surface area contributed by atoms with Gasteiger partial charge in [0.25, 0.3) is 0 Å². The van der Waals surface area contributed by atoms with Gasteiger partial charge in [0.2, 0.25) is 0 Å². The lowest BCUT2D eigenvalue weighted by Crippen LogP contribution is -2.01. The van der Waals surface area contributed by atoms with Crippen molar-refractivity contribution in [1.82, 2.24) is 15.0 Å². The van der Waals surface area contributed by atoms with Crippen LogP contribution >= 0.6 is 0 Å². The lowest BCUT2D eigenvalue weighted by molar-refractivity contribution is 0.668. The van der Waals surface area contributed by atoms with E-state index in [-0.39, 0.29) is 0 Å². The third kappa shape index (κ3) is 4.96. The van der Waals surface area contributed by atoms with Crippen molar-refractivity contribution in [3.63, 3.8) is 0 Å². The molecule has 3 aromatic heterocycles. The minimum absolute atomic E-state index is 0.603. The number of nitrogens with zero attached hydrogens (tertiary/aromatic N) is 3. The second kappa shape index (κ2) is 12.7. The molecular formula is C55H31N3O2. The van der Waals surface area contributed by atoms with Gasteiger partial charge in [-0.15, -0.1) is 0 Å². The number of hydrogen-bond acceptors (Lipinski definition) is 5. The first-order valence-corrected chi connectivity index (χ1v) is 20.2. The van der Waals surface area contributed by atoms with E-state index in [1.807, 2.05) is 30.3 Å². The molecule has 0 N–H and O–H groups in total. The van der Waals surface area contributed by atoms with Crippen LogP contribution in [0.3, 0.4) is 0 Å². The Hall–Kier alpha value is -8.15. The van der Waals surface area contributed by atoms with Crippen LogP contribution in [0.1, 0.15) is 0 Å². The molecule has 0 spiro atoms. The highest BCUT2D eigenvalue weighted by molar-refractivity contribution is 6.20. The van der Waals surface area contributed by atoms with E-state index in [0.717, 1.165) is 109 Å². The van der Waals surface area contributed by atoms with E-state index < -0.39 is 0 Å². The standard InChI is InChI=1S/C55H31N3O2/c1-2-13-37-34(11-1)30-46(41-15-4-3-14-39(37)41)55-57-53(56-54(58-55)36-24-23-32-26-28-50-52(45(32)31-36)44-17-6-8-21-48(44)60-50)35-25-27-38-33(29-35)12-9-18-40(38)42-19-10-22-49-51(42)43-16-5-7-20-47(43)59-49/h1-31H. The Balaban J connectivity index is 1.04. The van der Waals surface area contributed by atoms with Gasteiger partial charge in [-0.1, -0.05) is 146 Å². The van der Waals surface area contributed by atoms with Crippen LogP contribution in [-0.2, 0) is 0 Å². The molecule has 5 nitrogen and oxygen atoms in total. The first-order chi connectivity index (χ1) is 29.7. The quantitative estimate of drug-likeness (QED) is 0.167. The van der Waals surface area contributed by atoms with Crippen LogP contribution in [0.4, 0.5) is 0 Å². The molecule has 0 aliphatic carbocycles. The molecule has 60 heavy (non-hydrogen) atoms. The van der Waals surface area contributed by atoms with E-state index >= 15 is 0 Å². The molecule has 0 aliphatic heterocycles. The molecule has 0 unspecified atom stereocenters. The second-order valence-corrected chi connectivity index (χ2v) is 15.5. The number of para-hydroxylation sites is 2. The van der Waals surface area contributed by atoms with E-state index in [1.165, 1.54) is 5.39 Å². The molecular weight excluding hydrogens is 735 g/mol. The van der Waals surface area contributed by atoms with Crippen LogP contribution in [0.5, 0.6) is 0 Å². The van der Waals surface area contributed by atoms with Crippen molar-refractivity contribution in [3.05, 3.63) is 188 Å².